The standard InChI is InChI=1S/C13H13NO2S/c1-9-3-4-12(10(2)5-9)13-14-11(7-17-13)6-16-8-15/h3-5,7-8H,6H2,1-2H3. The molecule has 2 aromatic rings. The molecule has 3 nitrogen and oxygen atoms in total. The van der Waals surface area contributed by atoms with E-state index in [1.54, 1.807) is 11.3 Å². The molecule has 1 aromatic heterocycles. The van der Waals surface area contributed by atoms with Gasteiger partial charge in [-0.1, -0.05) is 23.8 Å². The highest BCUT2D eigenvalue weighted by Gasteiger charge is 2.07. The Bertz CT molecular complexity index is 534. The van der Waals surface area contributed by atoms with E-state index in [1.165, 1.54) is 11.1 Å². The smallest absolute Gasteiger partial charge is 0.293 e. The molecule has 0 fully saturated rings. The lowest BCUT2D eigenvalue weighted by Gasteiger charge is -2.03. The van der Waals surface area contributed by atoms with Crippen LogP contribution in [0.1, 0.15) is 16.8 Å². The lowest BCUT2D eigenvalue weighted by atomic mass is 10.1. The predicted octanol–water partition coefficient (Wildman–Crippen LogP) is 3.10. The first-order chi connectivity index (χ1) is 8.20. The van der Waals surface area contributed by atoms with Gasteiger partial charge in [0.1, 0.15) is 11.6 Å². The van der Waals surface area contributed by atoms with Crippen LogP contribution >= 0.6 is 11.3 Å². The second-order valence-corrected chi connectivity index (χ2v) is 4.73. The number of ether oxygens (including phenoxy) is 1. The lowest BCUT2D eigenvalue weighted by Crippen LogP contribution is -1.90. The van der Waals surface area contributed by atoms with Crippen molar-refractivity contribution in [3.8, 4) is 10.6 Å². The second-order valence-electron chi connectivity index (χ2n) is 3.87. The summed E-state index contributed by atoms with van der Waals surface area (Å²) in [6.07, 6.45) is 0. The van der Waals surface area contributed by atoms with Gasteiger partial charge in [-0.3, -0.25) is 4.79 Å². The van der Waals surface area contributed by atoms with Crippen LogP contribution < -0.4 is 0 Å². The maximum Gasteiger partial charge on any atom is 0.293 e. The minimum atomic E-state index is 0.241. The molecule has 0 N–H and O–H groups in total. The van der Waals surface area contributed by atoms with Crippen molar-refractivity contribution in [1.82, 2.24) is 4.98 Å². The third-order valence-corrected chi connectivity index (χ3v) is 3.39. The van der Waals surface area contributed by atoms with Gasteiger partial charge in [-0.2, -0.15) is 0 Å². The van der Waals surface area contributed by atoms with Crippen LogP contribution in [0, 0.1) is 13.8 Å². The Morgan fingerprint density at radius 3 is 2.94 bits per heavy atom. The Hall–Kier alpha value is -1.68. The number of thiazole rings is 1. The van der Waals surface area contributed by atoms with Gasteiger partial charge in [-0.25, -0.2) is 4.98 Å². The Labute approximate surface area is 104 Å². The molecule has 0 aliphatic rings. The van der Waals surface area contributed by atoms with E-state index in [4.69, 9.17) is 0 Å². The van der Waals surface area contributed by atoms with Gasteiger partial charge in [0.2, 0.25) is 0 Å². The van der Waals surface area contributed by atoms with Gasteiger partial charge in [0, 0.05) is 10.9 Å². The maximum atomic E-state index is 10.1. The van der Waals surface area contributed by atoms with Gasteiger partial charge < -0.3 is 4.74 Å². The summed E-state index contributed by atoms with van der Waals surface area (Å²) in [5, 5.41) is 2.88. The van der Waals surface area contributed by atoms with Crippen LogP contribution in [0.5, 0.6) is 0 Å². The van der Waals surface area contributed by atoms with E-state index >= 15 is 0 Å². The van der Waals surface area contributed by atoms with Crippen molar-refractivity contribution in [2.45, 2.75) is 20.5 Å². The van der Waals surface area contributed by atoms with E-state index in [-0.39, 0.29) is 6.61 Å². The van der Waals surface area contributed by atoms with Crippen LogP contribution in [-0.2, 0) is 16.1 Å². The molecule has 0 radical (unpaired) electrons. The van der Waals surface area contributed by atoms with E-state index in [9.17, 15) is 4.79 Å². The highest BCUT2D eigenvalue weighted by atomic mass is 32.1. The predicted molar refractivity (Wildman–Crippen MR) is 67.9 cm³/mol. The third kappa shape index (κ3) is 2.71. The minimum Gasteiger partial charge on any atom is -0.461 e. The molecule has 2 rings (SSSR count). The zero-order chi connectivity index (χ0) is 12.3. The zero-order valence-corrected chi connectivity index (χ0v) is 10.6. The second kappa shape index (κ2) is 5.10. The largest absolute Gasteiger partial charge is 0.461 e. The minimum absolute atomic E-state index is 0.241. The van der Waals surface area contributed by atoms with Crippen LogP contribution in [0.4, 0.5) is 0 Å². The molecule has 1 aromatic carbocycles. The van der Waals surface area contributed by atoms with Crippen molar-refractivity contribution in [2.75, 3.05) is 0 Å². The molecule has 0 aliphatic carbocycles. The number of hydrogen-bond donors (Lipinski definition) is 0. The fourth-order valence-corrected chi connectivity index (χ4v) is 2.56. The molecule has 88 valence electrons. The van der Waals surface area contributed by atoms with Gasteiger partial charge in [0.05, 0.1) is 5.69 Å². The van der Waals surface area contributed by atoms with E-state index < -0.39 is 0 Å². The van der Waals surface area contributed by atoms with E-state index in [0.29, 0.717) is 6.47 Å². The molecule has 0 bridgehead atoms. The number of aromatic nitrogens is 1. The quantitative estimate of drug-likeness (QED) is 0.779. The normalized spacial score (nSPS) is 10.2. The molecule has 0 spiro atoms. The van der Waals surface area contributed by atoms with Gasteiger partial charge in [-0.05, 0) is 19.4 Å². The number of nitrogens with zero attached hydrogens (tertiary/aromatic N) is 1. The van der Waals surface area contributed by atoms with Gasteiger partial charge in [-0.15, -0.1) is 11.3 Å². The van der Waals surface area contributed by atoms with E-state index in [0.717, 1.165) is 16.3 Å². The summed E-state index contributed by atoms with van der Waals surface area (Å²) in [5.41, 5.74) is 4.38. The van der Waals surface area contributed by atoms with Crippen molar-refractivity contribution in [2.24, 2.45) is 0 Å². The van der Waals surface area contributed by atoms with Gasteiger partial charge in [0.15, 0.2) is 0 Å². The number of benzene rings is 1. The fraction of sp³-hybridized carbons (Fsp3) is 0.231. The molecule has 0 atom stereocenters. The summed E-state index contributed by atoms with van der Waals surface area (Å²) < 4.78 is 4.68. The van der Waals surface area contributed by atoms with Crippen LogP contribution in [0.3, 0.4) is 0 Å². The summed E-state index contributed by atoms with van der Waals surface area (Å²) in [6.45, 7) is 4.83. The van der Waals surface area contributed by atoms with Crippen molar-refractivity contribution in [3.05, 3.63) is 40.4 Å². The Kier molecular flexibility index (Phi) is 3.54. The Morgan fingerprint density at radius 2 is 2.24 bits per heavy atom. The van der Waals surface area contributed by atoms with E-state index in [2.05, 4.69) is 41.8 Å². The Balaban J connectivity index is 2.27. The van der Waals surface area contributed by atoms with Crippen molar-refractivity contribution < 1.29 is 9.53 Å². The van der Waals surface area contributed by atoms with Crippen LogP contribution in [0.2, 0.25) is 0 Å². The van der Waals surface area contributed by atoms with Gasteiger partial charge in [0.25, 0.3) is 6.47 Å². The number of carbonyl (C=O) groups is 1. The van der Waals surface area contributed by atoms with E-state index in [1.807, 2.05) is 5.38 Å². The third-order valence-electron chi connectivity index (χ3n) is 2.46. The van der Waals surface area contributed by atoms with Crippen LogP contribution in [0.25, 0.3) is 10.6 Å². The summed E-state index contributed by atoms with van der Waals surface area (Å²) >= 11 is 1.57. The first-order valence-corrected chi connectivity index (χ1v) is 6.16. The van der Waals surface area contributed by atoms with Crippen molar-refractivity contribution in [1.29, 1.82) is 0 Å². The molecule has 4 heteroatoms. The summed E-state index contributed by atoms with van der Waals surface area (Å²) in [4.78, 5) is 14.5. The molecule has 0 saturated carbocycles. The lowest BCUT2D eigenvalue weighted by molar-refractivity contribution is -0.129. The summed E-state index contributed by atoms with van der Waals surface area (Å²) in [7, 11) is 0. The summed E-state index contributed by atoms with van der Waals surface area (Å²) in [6, 6.07) is 6.29. The first-order valence-electron chi connectivity index (χ1n) is 5.28. The van der Waals surface area contributed by atoms with Crippen LogP contribution in [0.15, 0.2) is 23.6 Å². The average molecular weight is 247 g/mol. The highest BCUT2D eigenvalue weighted by Crippen LogP contribution is 2.27. The fourth-order valence-electron chi connectivity index (χ4n) is 1.67. The maximum absolute atomic E-state index is 10.1. The van der Waals surface area contributed by atoms with Crippen molar-refractivity contribution in [3.63, 3.8) is 0 Å². The molecule has 0 aliphatic heterocycles. The number of carbonyl (C=O) groups excluding carboxylic acids is 1. The molecule has 17 heavy (non-hydrogen) atoms. The molecule has 1 heterocycles. The summed E-state index contributed by atoms with van der Waals surface area (Å²) in [5.74, 6) is 0. The zero-order valence-electron chi connectivity index (χ0n) is 9.77. The topological polar surface area (TPSA) is 39.2 Å². The molecular formula is C13H13NO2S. The molecule has 0 unspecified atom stereocenters. The van der Waals surface area contributed by atoms with Crippen LogP contribution in [-0.4, -0.2) is 11.5 Å². The molecular weight excluding hydrogens is 234 g/mol. The SMILES string of the molecule is Cc1ccc(-c2nc(COC=O)cs2)c(C)c1. The number of rotatable bonds is 4. The first kappa shape index (κ1) is 11.8. The Morgan fingerprint density at radius 1 is 1.41 bits per heavy atom. The van der Waals surface area contributed by atoms with Gasteiger partial charge >= 0.3 is 0 Å². The van der Waals surface area contributed by atoms with Crippen molar-refractivity contribution >= 4 is 17.8 Å². The monoisotopic (exact) mass is 247 g/mol. The molecule has 0 saturated heterocycles. The number of aryl methyl sites for hydroxylation is 2. The highest BCUT2D eigenvalue weighted by molar-refractivity contribution is 7.13. The molecule has 0 amide bonds. The number of hydrogen-bond acceptors (Lipinski definition) is 4. The average Bonchev–Trinajstić information content (AvgIpc) is 2.75.